The van der Waals surface area contributed by atoms with Gasteiger partial charge in [0, 0.05) is 12.1 Å². The number of rotatable bonds is 1. The molecule has 2 aromatic rings. The second-order valence-corrected chi connectivity index (χ2v) is 5.66. The average molecular weight is 232 g/mol. The quantitative estimate of drug-likeness (QED) is 0.745. The number of nitrogens with zero attached hydrogens (tertiary/aromatic N) is 2. The lowest BCUT2D eigenvalue weighted by molar-refractivity contribution is 0.692. The second-order valence-electron chi connectivity index (χ2n) is 4.65. The fourth-order valence-electron chi connectivity index (χ4n) is 2.54. The minimum atomic E-state index is 0.635. The molecule has 84 valence electrons. The summed E-state index contributed by atoms with van der Waals surface area (Å²) >= 11 is 1.82. The van der Waals surface area contributed by atoms with Gasteiger partial charge in [-0.05, 0) is 38.8 Å². The summed E-state index contributed by atoms with van der Waals surface area (Å²) in [5, 5.41) is 1.19. The van der Waals surface area contributed by atoms with E-state index in [1.807, 2.05) is 11.3 Å². The molecule has 1 saturated heterocycles. The van der Waals surface area contributed by atoms with Crippen molar-refractivity contribution in [1.82, 2.24) is 4.98 Å². The number of thiazole rings is 1. The SMILES string of the molecule is C[C@@H]1CC[C@H](C)N1c1nc2ccccc2s1. The normalized spacial score (nSPS) is 25.5. The highest BCUT2D eigenvalue weighted by atomic mass is 32.1. The van der Waals surface area contributed by atoms with Crippen LogP contribution < -0.4 is 4.90 Å². The van der Waals surface area contributed by atoms with Gasteiger partial charge in [0.2, 0.25) is 0 Å². The summed E-state index contributed by atoms with van der Waals surface area (Å²) in [6.45, 7) is 4.60. The molecular formula is C13H16N2S. The van der Waals surface area contributed by atoms with Crippen LogP contribution in [0.2, 0.25) is 0 Å². The van der Waals surface area contributed by atoms with E-state index in [0.717, 1.165) is 5.52 Å². The Balaban J connectivity index is 2.05. The Morgan fingerprint density at radius 3 is 2.56 bits per heavy atom. The monoisotopic (exact) mass is 232 g/mol. The number of anilines is 1. The van der Waals surface area contributed by atoms with Crippen molar-refractivity contribution in [2.75, 3.05) is 4.90 Å². The fraction of sp³-hybridized carbons (Fsp3) is 0.462. The molecule has 0 N–H and O–H groups in total. The first kappa shape index (κ1) is 10.1. The Hall–Kier alpha value is -1.09. The fourth-order valence-corrected chi connectivity index (χ4v) is 3.71. The number of aromatic nitrogens is 1. The smallest absolute Gasteiger partial charge is 0.186 e. The van der Waals surface area contributed by atoms with Crippen LogP contribution >= 0.6 is 11.3 Å². The van der Waals surface area contributed by atoms with Crippen LogP contribution in [0.1, 0.15) is 26.7 Å². The Labute approximate surface area is 99.9 Å². The minimum Gasteiger partial charge on any atom is -0.343 e. The number of fused-ring (bicyclic) bond motifs is 1. The highest BCUT2D eigenvalue weighted by Crippen LogP contribution is 2.35. The predicted octanol–water partition coefficient (Wildman–Crippen LogP) is 3.67. The first-order valence-corrected chi connectivity index (χ1v) is 6.71. The molecule has 1 aromatic carbocycles. The predicted molar refractivity (Wildman–Crippen MR) is 70.3 cm³/mol. The van der Waals surface area contributed by atoms with Crippen molar-refractivity contribution in [3.8, 4) is 0 Å². The third kappa shape index (κ3) is 1.50. The molecule has 1 aliphatic rings. The average Bonchev–Trinajstić information content (AvgIpc) is 2.82. The maximum absolute atomic E-state index is 4.74. The van der Waals surface area contributed by atoms with Crippen LogP contribution in [0.4, 0.5) is 5.13 Å². The van der Waals surface area contributed by atoms with E-state index in [1.54, 1.807) is 0 Å². The van der Waals surface area contributed by atoms with Crippen molar-refractivity contribution in [3.05, 3.63) is 24.3 Å². The summed E-state index contributed by atoms with van der Waals surface area (Å²) in [5.74, 6) is 0. The van der Waals surface area contributed by atoms with E-state index < -0.39 is 0 Å². The first-order chi connectivity index (χ1) is 7.75. The Morgan fingerprint density at radius 1 is 1.19 bits per heavy atom. The van der Waals surface area contributed by atoms with Crippen molar-refractivity contribution in [3.63, 3.8) is 0 Å². The lowest BCUT2D eigenvalue weighted by Gasteiger charge is -2.25. The van der Waals surface area contributed by atoms with Crippen LogP contribution in [0.3, 0.4) is 0 Å². The van der Waals surface area contributed by atoms with Gasteiger partial charge in [-0.25, -0.2) is 4.98 Å². The maximum Gasteiger partial charge on any atom is 0.186 e. The van der Waals surface area contributed by atoms with Gasteiger partial charge in [0.05, 0.1) is 10.2 Å². The van der Waals surface area contributed by atoms with Crippen molar-refractivity contribution in [2.24, 2.45) is 0 Å². The van der Waals surface area contributed by atoms with E-state index in [-0.39, 0.29) is 0 Å². The lowest BCUT2D eigenvalue weighted by Crippen LogP contribution is -2.32. The topological polar surface area (TPSA) is 16.1 Å². The zero-order chi connectivity index (χ0) is 11.1. The third-order valence-electron chi connectivity index (χ3n) is 3.46. The van der Waals surface area contributed by atoms with Gasteiger partial charge in [0.1, 0.15) is 0 Å². The molecule has 0 bridgehead atoms. The molecule has 1 aliphatic heterocycles. The molecule has 2 nitrogen and oxygen atoms in total. The van der Waals surface area contributed by atoms with Crippen LogP contribution in [0, 0.1) is 0 Å². The van der Waals surface area contributed by atoms with E-state index in [4.69, 9.17) is 4.98 Å². The molecule has 0 spiro atoms. The number of hydrogen-bond acceptors (Lipinski definition) is 3. The van der Waals surface area contributed by atoms with Crippen LogP contribution in [-0.4, -0.2) is 17.1 Å². The first-order valence-electron chi connectivity index (χ1n) is 5.89. The third-order valence-corrected chi connectivity index (χ3v) is 4.51. The van der Waals surface area contributed by atoms with Crippen LogP contribution in [0.5, 0.6) is 0 Å². The van der Waals surface area contributed by atoms with Gasteiger partial charge in [-0.1, -0.05) is 23.5 Å². The molecule has 2 atom stereocenters. The summed E-state index contributed by atoms with van der Waals surface area (Å²) in [6.07, 6.45) is 2.58. The van der Waals surface area contributed by atoms with Gasteiger partial charge in [0.25, 0.3) is 0 Å². The van der Waals surface area contributed by atoms with Crippen LogP contribution in [-0.2, 0) is 0 Å². The second kappa shape index (κ2) is 3.74. The summed E-state index contributed by atoms with van der Waals surface area (Å²) < 4.78 is 1.30. The van der Waals surface area contributed by atoms with Gasteiger partial charge in [-0.3, -0.25) is 0 Å². The van der Waals surface area contributed by atoms with E-state index in [0.29, 0.717) is 12.1 Å². The zero-order valence-electron chi connectivity index (χ0n) is 9.68. The van der Waals surface area contributed by atoms with Gasteiger partial charge >= 0.3 is 0 Å². The van der Waals surface area contributed by atoms with Gasteiger partial charge in [-0.15, -0.1) is 0 Å². The van der Waals surface area contributed by atoms with E-state index in [9.17, 15) is 0 Å². The molecule has 0 unspecified atom stereocenters. The standard InChI is InChI=1S/C13H16N2S/c1-9-7-8-10(2)15(9)13-14-11-5-3-4-6-12(11)16-13/h3-6,9-10H,7-8H2,1-2H3/t9-,10+. The summed E-state index contributed by atoms with van der Waals surface area (Å²) in [6, 6.07) is 9.66. The van der Waals surface area contributed by atoms with Crippen molar-refractivity contribution in [1.29, 1.82) is 0 Å². The molecular weight excluding hydrogens is 216 g/mol. The van der Waals surface area contributed by atoms with Crippen molar-refractivity contribution < 1.29 is 0 Å². The van der Waals surface area contributed by atoms with Gasteiger partial charge in [0.15, 0.2) is 5.13 Å². The largest absolute Gasteiger partial charge is 0.343 e. The van der Waals surface area contributed by atoms with Crippen molar-refractivity contribution >= 4 is 26.7 Å². The van der Waals surface area contributed by atoms with Crippen LogP contribution in [0.25, 0.3) is 10.2 Å². The minimum absolute atomic E-state index is 0.635. The molecule has 0 aliphatic carbocycles. The summed E-state index contributed by atoms with van der Waals surface area (Å²) in [5.41, 5.74) is 1.13. The lowest BCUT2D eigenvalue weighted by atomic mass is 10.2. The van der Waals surface area contributed by atoms with E-state index in [2.05, 4.69) is 43.0 Å². The maximum atomic E-state index is 4.74. The molecule has 3 rings (SSSR count). The van der Waals surface area contributed by atoms with E-state index in [1.165, 1.54) is 22.7 Å². The van der Waals surface area contributed by atoms with Crippen molar-refractivity contribution in [2.45, 2.75) is 38.8 Å². The molecule has 2 heterocycles. The molecule has 1 aromatic heterocycles. The summed E-state index contributed by atoms with van der Waals surface area (Å²) in [7, 11) is 0. The molecule has 0 amide bonds. The number of hydrogen-bond donors (Lipinski definition) is 0. The molecule has 1 fully saturated rings. The number of benzene rings is 1. The number of para-hydroxylation sites is 1. The molecule has 0 radical (unpaired) electrons. The summed E-state index contributed by atoms with van der Waals surface area (Å²) in [4.78, 5) is 7.22. The zero-order valence-corrected chi connectivity index (χ0v) is 10.5. The Bertz CT molecular complexity index is 462. The Kier molecular flexibility index (Phi) is 2.36. The van der Waals surface area contributed by atoms with Crippen LogP contribution in [0.15, 0.2) is 24.3 Å². The molecule has 3 heteroatoms. The van der Waals surface area contributed by atoms with Gasteiger partial charge < -0.3 is 4.90 Å². The molecule has 0 saturated carbocycles. The molecule has 16 heavy (non-hydrogen) atoms. The highest BCUT2D eigenvalue weighted by Gasteiger charge is 2.29. The highest BCUT2D eigenvalue weighted by molar-refractivity contribution is 7.22. The van der Waals surface area contributed by atoms with Gasteiger partial charge in [-0.2, -0.15) is 0 Å². The Morgan fingerprint density at radius 2 is 1.88 bits per heavy atom. The van der Waals surface area contributed by atoms with E-state index >= 15 is 0 Å².